The van der Waals surface area contributed by atoms with Crippen molar-refractivity contribution in [2.45, 2.75) is 216 Å². The number of rotatable bonds is 39. The molecule has 0 aliphatic carbocycles. The Balaban J connectivity index is 1.82. The van der Waals surface area contributed by atoms with Crippen LogP contribution in [-0.2, 0) is 33.2 Å². The molecule has 11 unspecified atom stereocenters. The van der Waals surface area contributed by atoms with Crippen LogP contribution in [0.2, 0.25) is 0 Å². The minimum absolute atomic E-state index is 0.0221. The highest BCUT2D eigenvalue weighted by molar-refractivity contribution is 5.69. The first kappa shape index (κ1) is 61.3. The first-order valence-electron chi connectivity index (χ1n) is 25.7. The lowest BCUT2D eigenvalue weighted by Gasteiger charge is -2.42. The molecule has 0 amide bonds. The van der Waals surface area contributed by atoms with Crippen LogP contribution in [0.4, 0.5) is 0 Å². The number of aliphatic hydroxyl groups excluding tert-OH is 7. The fourth-order valence-electron chi connectivity index (χ4n) is 7.48. The van der Waals surface area contributed by atoms with E-state index in [4.69, 9.17) is 28.4 Å². The highest BCUT2D eigenvalue weighted by atomic mass is 16.7. The molecule has 0 aromatic carbocycles. The van der Waals surface area contributed by atoms with Crippen molar-refractivity contribution in [3.8, 4) is 0 Å². The zero-order valence-corrected chi connectivity index (χ0v) is 41.3. The average Bonchev–Trinajstić information content (AvgIpc) is 3.33. The molecule has 0 aromatic heterocycles. The summed E-state index contributed by atoms with van der Waals surface area (Å²) in [6.07, 6.45) is 35.1. The molecule has 2 saturated heterocycles. The second kappa shape index (κ2) is 40.9. The maximum Gasteiger partial charge on any atom is 0.306 e. The Morgan fingerprint density at radius 2 is 0.956 bits per heavy atom. The van der Waals surface area contributed by atoms with Crippen LogP contribution in [0.25, 0.3) is 0 Å². The highest BCUT2D eigenvalue weighted by Crippen LogP contribution is 2.26. The van der Waals surface area contributed by atoms with Crippen molar-refractivity contribution in [3.63, 3.8) is 0 Å². The summed E-state index contributed by atoms with van der Waals surface area (Å²) in [5.74, 6) is -0.463. The minimum atomic E-state index is -1.72. The first-order valence-corrected chi connectivity index (χ1v) is 25.7. The number of aliphatic hydroxyl groups is 7. The number of carbonyl (C=O) groups is 1. The van der Waals surface area contributed by atoms with E-state index < -0.39 is 86.7 Å². The van der Waals surface area contributed by atoms with Crippen LogP contribution in [0.15, 0.2) is 85.1 Å². The van der Waals surface area contributed by atoms with Gasteiger partial charge in [-0.25, -0.2) is 0 Å². The van der Waals surface area contributed by atoms with Crippen LogP contribution in [-0.4, -0.2) is 142 Å². The average molecular weight is 963 g/mol. The van der Waals surface area contributed by atoms with Crippen molar-refractivity contribution in [2.75, 3.05) is 33.0 Å². The molecule has 14 heteroatoms. The molecule has 11 atom stereocenters. The van der Waals surface area contributed by atoms with Crippen molar-refractivity contribution in [1.29, 1.82) is 0 Å². The van der Waals surface area contributed by atoms with Gasteiger partial charge >= 0.3 is 5.97 Å². The monoisotopic (exact) mass is 963 g/mol. The summed E-state index contributed by atoms with van der Waals surface area (Å²) in [6, 6.07) is 0. The summed E-state index contributed by atoms with van der Waals surface area (Å²) in [5, 5.41) is 72.1. The van der Waals surface area contributed by atoms with Gasteiger partial charge in [-0.2, -0.15) is 0 Å². The second-order valence-electron chi connectivity index (χ2n) is 17.6. The molecule has 0 radical (unpaired) electrons. The van der Waals surface area contributed by atoms with Gasteiger partial charge in [0.15, 0.2) is 12.6 Å². The smallest absolute Gasteiger partial charge is 0.306 e. The van der Waals surface area contributed by atoms with Gasteiger partial charge in [0.1, 0.15) is 54.9 Å². The third-order valence-corrected chi connectivity index (χ3v) is 11.7. The highest BCUT2D eigenvalue weighted by Gasteiger charge is 2.47. The molecular formula is C54H90O14. The Morgan fingerprint density at radius 1 is 0.500 bits per heavy atom. The predicted molar refractivity (Wildman–Crippen MR) is 265 cm³/mol. The Morgan fingerprint density at radius 3 is 1.50 bits per heavy atom. The van der Waals surface area contributed by atoms with Gasteiger partial charge in [0, 0.05) is 13.0 Å². The van der Waals surface area contributed by atoms with Crippen molar-refractivity contribution < 1.29 is 69.0 Å². The summed E-state index contributed by atoms with van der Waals surface area (Å²) in [5.41, 5.74) is 0. The zero-order chi connectivity index (χ0) is 49.5. The summed E-state index contributed by atoms with van der Waals surface area (Å²) in [6.45, 7) is 3.43. The largest absolute Gasteiger partial charge is 0.457 e. The lowest BCUT2D eigenvalue weighted by Crippen LogP contribution is -2.61. The summed E-state index contributed by atoms with van der Waals surface area (Å²) in [7, 11) is 0. The van der Waals surface area contributed by atoms with Crippen molar-refractivity contribution >= 4 is 5.97 Å². The fourth-order valence-corrected chi connectivity index (χ4v) is 7.48. The molecule has 2 fully saturated rings. The van der Waals surface area contributed by atoms with Gasteiger partial charge in [-0.1, -0.05) is 150 Å². The number of hydrogen-bond acceptors (Lipinski definition) is 14. The van der Waals surface area contributed by atoms with Crippen LogP contribution in [0.5, 0.6) is 0 Å². The molecule has 7 N–H and O–H groups in total. The number of esters is 1. The molecule has 14 nitrogen and oxygen atoms in total. The number of unbranched alkanes of at least 4 members (excludes halogenated alkanes) is 11. The minimum Gasteiger partial charge on any atom is -0.457 e. The third kappa shape index (κ3) is 28.1. The van der Waals surface area contributed by atoms with Gasteiger partial charge in [-0.05, 0) is 77.0 Å². The van der Waals surface area contributed by atoms with Gasteiger partial charge in [0.2, 0.25) is 0 Å². The van der Waals surface area contributed by atoms with E-state index in [2.05, 4.69) is 86.8 Å². The molecule has 390 valence electrons. The molecule has 0 spiro atoms. The van der Waals surface area contributed by atoms with Gasteiger partial charge in [0.25, 0.3) is 0 Å². The molecule has 2 aliphatic rings. The maximum atomic E-state index is 13.0. The molecule has 0 saturated carbocycles. The van der Waals surface area contributed by atoms with Crippen LogP contribution < -0.4 is 0 Å². The number of ether oxygens (including phenoxy) is 6. The SMILES string of the molecule is CC/C=C\C/C=C\C/C=C\C/C=C\C/C=C\C/C=C\CCC(=O)OC(COCCCCCCCC/C=C\CCCCCCC)COC1OC(COC2OC(CO)C(O)C(O)C2O)C(O)C(O)C1O. The lowest BCUT2D eigenvalue weighted by molar-refractivity contribution is -0.332. The molecule has 2 heterocycles. The van der Waals surface area contributed by atoms with Gasteiger partial charge in [0.05, 0.1) is 26.4 Å². The summed E-state index contributed by atoms with van der Waals surface area (Å²) >= 11 is 0. The van der Waals surface area contributed by atoms with E-state index in [1.165, 1.54) is 51.4 Å². The fraction of sp³-hybridized carbons (Fsp3) is 0.722. The number of carbonyl (C=O) groups excluding carboxylic acids is 1. The Labute approximate surface area is 408 Å². The van der Waals surface area contributed by atoms with E-state index >= 15 is 0 Å². The molecule has 0 bridgehead atoms. The van der Waals surface area contributed by atoms with Crippen LogP contribution >= 0.6 is 0 Å². The van der Waals surface area contributed by atoms with Crippen LogP contribution in [0.1, 0.15) is 149 Å². The zero-order valence-electron chi connectivity index (χ0n) is 41.3. The van der Waals surface area contributed by atoms with E-state index in [9.17, 15) is 40.5 Å². The van der Waals surface area contributed by atoms with Crippen molar-refractivity contribution in [2.24, 2.45) is 0 Å². The van der Waals surface area contributed by atoms with Crippen LogP contribution in [0.3, 0.4) is 0 Å². The van der Waals surface area contributed by atoms with E-state index in [0.717, 1.165) is 70.6 Å². The first-order chi connectivity index (χ1) is 33.1. The molecule has 0 aromatic rings. The lowest BCUT2D eigenvalue weighted by atomic mass is 9.98. The summed E-state index contributed by atoms with van der Waals surface area (Å²) in [4.78, 5) is 13.0. The van der Waals surface area contributed by atoms with E-state index in [0.29, 0.717) is 13.0 Å². The van der Waals surface area contributed by atoms with E-state index in [-0.39, 0.29) is 19.6 Å². The number of allylic oxidation sites excluding steroid dienone is 14. The van der Waals surface area contributed by atoms with Gasteiger partial charge in [-0.3, -0.25) is 4.79 Å². The van der Waals surface area contributed by atoms with Gasteiger partial charge in [-0.15, -0.1) is 0 Å². The normalized spacial score (nSPS) is 26.6. The Kier molecular flexibility index (Phi) is 36.8. The van der Waals surface area contributed by atoms with Gasteiger partial charge < -0.3 is 64.2 Å². The number of hydrogen-bond donors (Lipinski definition) is 7. The predicted octanol–water partition coefficient (Wildman–Crippen LogP) is 7.68. The van der Waals surface area contributed by atoms with Crippen molar-refractivity contribution in [3.05, 3.63) is 85.1 Å². The molecular weight excluding hydrogens is 873 g/mol. The Bertz CT molecular complexity index is 1440. The Hall–Kier alpha value is -2.83. The molecule has 68 heavy (non-hydrogen) atoms. The summed E-state index contributed by atoms with van der Waals surface area (Å²) < 4.78 is 34.2. The van der Waals surface area contributed by atoms with Crippen molar-refractivity contribution in [1.82, 2.24) is 0 Å². The topological polar surface area (TPSA) is 214 Å². The second-order valence-corrected chi connectivity index (χ2v) is 17.6. The van der Waals surface area contributed by atoms with Crippen LogP contribution in [0, 0.1) is 0 Å². The maximum absolute atomic E-state index is 13.0. The van der Waals surface area contributed by atoms with E-state index in [1.807, 2.05) is 12.2 Å². The third-order valence-electron chi connectivity index (χ3n) is 11.7. The standard InChI is InChI=1S/C54H90O14/c1-3-5-7-9-11-13-15-17-19-20-21-22-23-25-27-29-31-33-35-37-46(56)66-43(40-63-38-36-34-32-30-28-26-24-18-16-14-12-10-8-6-4-2)41-64-53-52(62)50(60)48(58)45(68-53)42-65-54-51(61)49(59)47(57)44(39-55)67-54/h5,7,11,13,16-19,21-22,25,27,31,33,43-45,47-55,57-62H,3-4,6,8-10,12,14-15,20,23-24,26,28-30,32,34-42H2,1-2H3/b7-5-,13-11-,18-16-,19-17-,22-21-,27-25-,33-31-. The quantitative estimate of drug-likeness (QED) is 0.0179. The van der Waals surface area contributed by atoms with E-state index in [1.54, 1.807) is 0 Å². The molecule has 2 rings (SSSR count). The molecule has 2 aliphatic heterocycles.